The molecule has 3 aliphatic rings. The molecular formula is C20H20N2O2S. The summed E-state index contributed by atoms with van der Waals surface area (Å²) in [5.74, 6) is -0.574. The van der Waals surface area contributed by atoms with Gasteiger partial charge in [-0.25, -0.2) is 0 Å². The number of carboxylic acid groups (broad SMARTS) is 1. The van der Waals surface area contributed by atoms with Gasteiger partial charge in [-0.3, -0.25) is 4.79 Å². The van der Waals surface area contributed by atoms with Gasteiger partial charge < -0.3 is 14.9 Å². The zero-order valence-corrected chi connectivity index (χ0v) is 14.7. The second-order valence-electron chi connectivity index (χ2n) is 6.64. The van der Waals surface area contributed by atoms with Crippen LogP contribution in [0.5, 0.6) is 0 Å². The lowest BCUT2D eigenvalue weighted by molar-refractivity contribution is -0.138. The van der Waals surface area contributed by atoms with E-state index in [9.17, 15) is 9.90 Å². The van der Waals surface area contributed by atoms with Gasteiger partial charge in [-0.2, -0.15) is 0 Å². The Morgan fingerprint density at radius 2 is 1.96 bits per heavy atom. The Morgan fingerprint density at radius 1 is 1.20 bits per heavy atom. The van der Waals surface area contributed by atoms with Gasteiger partial charge >= 0.3 is 5.97 Å². The first-order valence-electron chi connectivity index (χ1n) is 8.55. The predicted molar refractivity (Wildman–Crippen MR) is 101 cm³/mol. The molecule has 0 amide bonds. The molecule has 1 aromatic carbocycles. The second-order valence-corrected chi connectivity index (χ2v) is 7.03. The fourth-order valence-corrected chi connectivity index (χ4v) is 4.45. The van der Waals surface area contributed by atoms with Crippen LogP contribution in [0.4, 0.5) is 0 Å². The number of hydrogen-bond acceptors (Lipinski definition) is 3. The molecule has 2 aliphatic heterocycles. The predicted octanol–water partition coefficient (Wildman–Crippen LogP) is 2.98. The summed E-state index contributed by atoms with van der Waals surface area (Å²) in [6.07, 6.45) is 9.25. The van der Waals surface area contributed by atoms with Crippen molar-refractivity contribution in [1.82, 2.24) is 9.80 Å². The normalized spacial score (nSPS) is 24.6. The number of thiocarbonyl (C=S) groups is 1. The van der Waals surface area contributed by atoms with Gasteiger partial charge in [0, 0.05) is 19.0 Å². The van der Waals surface area contributed by atoms with Crippen LogP contribution in [0.3, 0.4) is 0 Å². The average Bonchev–Trinajstić information content (AvgIpc) is 2.93. The average molecular weight is 352 g/mol. The minimum absolute atomic E-state index is 0.0164. The third-order valence-corrected chi connectivity index (χ3v) is 5.57. The summed E-state index contributed by atoms with van der Waals surface area (Å²) >= 11 is 5.80. The zero-order valence-electron chi connectivity index (χ0n) is 13.8. The topological polar surface area (TPSA) is 43.8 Å². The molecule has 0 fully saturated rings. The van der Waals surface area contributed by atoms with E-state index in [0.717, 1.165) is 30.2 Å². The minimum Gasteiger partial charge on any atom is -0.480 e. The van der Waals surface area contributed by atoms with E-state index in [1.807, 2.05) is 29.2 Å². The number of carboxylic acids is 1. The Morgan fingerprint density at radius 3 is 2.72 bits per heavy atom. The smallest absolute Gasteiger partial charge is 0.323 e. The van der Waals surface area contributed by atoms with E-state index in [1.54, 1.807) is 0 Å². The summed E-state index contributed by atoms with van der Waals surface area (Å²) in [5, 5.41) is 9.38. The first-order valence-corrected chi connectivity index (χ1v) is 8.95. The van der Waals surface area contributed by atoms with Gasteiger partial charge in [-0.15, -0.1) is 0 Å². The van der Waals surface area contributed by atoms with E-state index < -0.39 is 5.97 Å². The first-order chi connectivity index (χ1) is 12.1. The molecule has 128 valence electrons. The Bertz CT molecular complexity index is 797. The SMILES string of the molecule is O=C(O)CN1C2=C(CCN(Cc3ccccc3)C2=S)C2C=CC=CC21. The summed E-state index contributed by atoms with van der Waals surface area (Å²) < 4.78 is 0. The number of hydrogen-bond donors (Lipinski definition) is 1. The van der Waals surface area contributed by atoms with E-state index in [0.29, 0.717) is 0 Å². The molecule has 0 radical (unpaired) electrons. The summed E-state index contributed by atoms with van der Waals surface area (Å²) in [6.45, 7) is 1.63. The maximum absolute atomic E-state index is 11.4. The van der Waals surface area contributed by atoms with Crippen LogP contribution >= 0.6 is 12.2 Å². The highest BCUT2D eigenvalue weighted by atomic mass is 32.1. The number of fused-ring (bicyclic) bond motifs is 2. The van der Waals surface area contributed by atoms with Crippen molar-refractivity contribution in [3.05, 3.63) is 71.5 Å². The van der Waals surface area contributed by atoms with Crippen LogP contribution in [0.2, 0.25) is 0 Å². The lowest BCUT2D eigenvalue weighted by Crippen LogP contribution is -2.42. The van der Waals surface area contributed by atoms with Gasteiger partial charge in [0.2, 0.25) is 0 Å². The van der Waals surface area contributed by atoms with Crippen LogP contribution in [0.25, 0.3) is 0 Å². The Labute approximate surface area is 152 Å². The van der Waals surface area contributed by atoms with Crippen molar-refractivity contribution in [2.75, 3.05) is 13.1 Å². The van der Waals surface area contributed by atoms with Gasteiger partial charge in [0.1, 0.15) is 11.5 Å². The molecule has 4 nitrogen and oxygen atoms in total. The number of nitrogens with zero attached hydrogens (tertiary/aromatic N) is 2. The molecule has 4 rings (SSSR count). The summed E-state index contributed by atoms with van der Waals surface area (Å²) in [4.78, 5) is 16.4. The number of allylic oxidation sites excluding steroid dienone is 2. The Balaban J connectivity index is 1.64. The van der Waals surface area contributed by atoms with Crippen molar-refractivity contribution in [1.29, 1.82) is 0 Å². The van der Waals surface area contributed by atoms with E-state index in [-0.39, 0.29) is 18.5 Å². The number of carbonyl (C=O) groups is 1. The molecule has 0 spiro atoms. The molecule has 1 N–H and O–H groups in total. The lowest BCUT2D eigenvalue weighted by atomic mass is 9.87. The molecule has 0 saturated carbocycles. The van der Waals surface area contributed by atoms with Crippen molar-refractivity contribution >= 4 is 23.2 Å². The van der Waals surface area contributed by atoms with E-state index in [2.05, 4.69) is 35.3 Å². The molecule has 25 heavy (non-hydrogen) atoms. The zero-order chi connectivity index (χ0) is 17.4. The summed E-state index contributed by atoms with van der Waals surface area (Å²) in [7, 11) is 0. The lowest BCUT2D eigenvalue weighted by Gasteiger charge is -2.34. The van der Waals surface area contributed by atoms with Crippen molar-refractivity contribution in [3.63, 3.8) is 0 Å². The van der Waals surface area contributed by atoms with Crippen LogP contribution in [0, 0.1) is 5.92 Å². The number of aliphatic carboxylic acids is 1. The molecule has 1 aliphatic carbocycles. The molecule has 2 heterocycles. The van der Waals surface area contributed by atoms with Crippen LogP contribution in [-0.4, -0.2) is 45.0 Å². The first kappa shape index (κ1) is 16.1. The molecule has 1 aromatic rings. The largest absolute Gasteiger partial charge is 0.480 e. The van der Waals surface area contributed by atoms with Crippen LogP contribution in [0.15, 0.2) is 65.9 Å². The monoisotopic (exact) mass is 352 g/mol. The van der Waals surface area contributed by atoms with Gasteiger partial charge in [0.15, 0.2) is 0 Å². The van der Waals surface area contributed by atoms with Crippen molar-refractivity contribution in [3.8, 4) is 0 Å². The maximum Gasteiger partial charge on any atom is 0.323 e. The van der Waals surface area contributed by atoms with E-state index in [1.165, 1.54) is 11.1 Å². The maximum atomic E-state index is 11.4. The molecule has 0 aromatic heterocycles. The molecule has 0 saturated heterocycles. The highest BCUT2D eigenvalue weighted by molar-refractivity contribution is 7.80. The Hall–Kier alpha value is -2.40. The van der Waals surface area contributed by atoms with Crippen LogP contribution < -0.4 is 0 Å². The molecule has 0 bridgehead atoms. The molecule has 2 unspecified atom stereocenters. The molecule has 2 atom stereocenters. The van der Waals surface area contributed by atoms with Crippen molar-refractivity contribution in [2.45, 2.75) is 19.0 Å². The van der Waals surface area contributed by atoms with Gasteiger partial charge in [-0.05, 0) is 17.6 Å². The van der Waals surface area contributed by atoms with E-state index >= 15 is 0 Å². The third-order valence-electron chi connectivity index (χ3n) is 5.12. The fourth-order valence-electron chi connectivity index (χ4n) is 4.04. The molecule has 5 heteroatoms. The quantitative estimate of drug-likeness (QED) is 0.844. The minimum atomic E-state index is -0.821. The van der Waals surface area contributed by atoms with Crippen LogP contribution in [-0.2, 0) is 11.3 Å². The number of rotatable bonds is 4. The summed E-state index contributed by atoms with van der Waals surface area (Å²) in [5.41, 5.74) is 3.47. The Kier molecular flexibility index (Phi) is 4.17. The van der Waals surface area contributed by atoms with Gasteiger partial charge in [0.05, 0.1) is 11.7 Å². The highest BCUT2D eigenvalue weighted by Crippen LogP contribution is 2.42. The van der Waals surface area contributed by atoms with Gasteiger partial charge in [-0.1, -0.05) is 66.9 Å². The fraction of sp³-hybridized carbons (Fsp3) is 0.300. The second kappa shape index (κ2) is 6.48. The molecular weight excluding hydrogens is 332 g/mol. The van der Waals surface area contributed by atoms with Crippen LogP contribution in [0.1, 0.15) is 12.0 Å². The summed E-state index contributed by atoms with van der Waals surface area (Å²) in [6, 6.07) is 10.3. The third kappa shape index (κ3) is 2.89. The van der Waals surface area contributed by atoms with E-state index in [4.69, 9.17) is 12.2 Å². The van der Waals surface area contributed by atoms with Crippen molar-refractivity contribution in [2.24, 2.45) is 5.92 Å². The number of benzene rings is 1. The highest BCUT2D eigenvalue weighted by Gasteiger charge is 2.43. The van der Waals surface area contributed by atoms with Crippen molar-refractivity contribution < 1.29 is 9.90 Å². The standard InChI is InChI=1S/C20H20N2O2S/c23-18(24)13-22-17-9-5-4-8-15(17)16-10-11-21(20(25)19(16)22)12-14-6-2-1-3-7-14/h1-9,15,17H,10-13H2,(H,23,24). The van der Waals surface area contributed by atoms with Gasteiger partial charge in [0.25, 0.3) is 0 Å².